The predicted octanol–water partition coefficient (Wildman–Crippen LogP) is 1.74. The molecule has 1 aromatic rings. The summed E-state index contributed by atoms with van der Waals surface area (Å²) in [5.41, 5.74) is 6.44. The second-order valence-corrected chi connectivity index (χ2v) is 6.88. The second-order valence-electron chi connectivity index (χ2n) is 4.37. The number of hydrogen-bond acceptors (Lipinski definition) is 4. The number of carbonyl (C=O) groups is 1. The van der Waals surface area contributed by atoms with Crippen LogP contribution >= 0.6 is 15.9 Å². The molecule has 0 fully saturated rings. The van der Waals surface area contributed by atoms with Gasteiger partial charge in [-0.25, -0.2) is 17.9 Å². The Bertz CT molecular complexity index is 599. The number of nitrogens with one attached hydrogen (secondary N) is 2. The molecule has 0 spiro atoms. The topological polar surface area (TPSA) is 101 Å². The fraction of sp³-hybridized carbons (Fsp3) is 0.364. The molecule has 106 valence electrons. The van der Waals surface area contributed by atoms with Gasteiger partial charge in [-0.2, -0.15) is 0 Å². The number of benzene rings is 1. The third-order valence-corrected chi connectivity index (χ3v) is 4.39. The van der Waals surface area contributed by atoms with E-state index in [4.69, 9.17) is 5.73 Å². The first-order valence-corrected chi connectivity index (χ1v) is 7.80. The number of amides is 2. The highest BCUT2D eigenvalue weighted by Gasteiger charge is 2.21. The highest BCUT2D eigenvalue weighted by Crippen LogP contribution is 2.26. The van der Waals surface area contributed by atoms with Crippen molar-refractivity contribution in [2.24, 2.45) is 0 Å². The first kappa shape index (κ1) is 15.8. The lowest BCUT2D eigenvalue weighted by Crippen LogP contribution is -2.42. The molecule has 0 unspecified atom stereocenters. The van der Waals surface area contributed by atoms with E-state index in [1.54, 1.807) is 26.8 Å². The molecular weight excluding hydrogens is 334 g/mol. The Morgan fingerprint density at radius 2 is 1.95 bits per heavy atom. The van der Waals surface area contributed by atoms with Crippen LogP contribution in [0, 0.1) is 6.92 Å². The number of anilines is 1. The van der Waals surface area contributed by atoms with Gasteiger partial charge in [0.25, 0.3) is 10.0 Å². The molecule has 1 aromatic carbocycles. The molecule has 0 aliphatic rings. The number of carbonyl (C=O) groups excluding carboxylic acids is 1. The van der Waals surface area contributed by atoms with Gasteiger partial charge in [0.2, 0.25) is 0 Å². The Morgan fingerprint density at radius 1 is 1.37 bits per heavy atom. The Balaban J connectivity index is 3.08. The minimum Gasteiger partial charge on any atom is -0.398 e. The van der Waals surface area contributed by atoms with Crippen LogP contribution in [0.2, 0.25) is 0 Å². The van der Waals surface area contributed by atoms with Crippen LogP contribution in [0.25, 0.3) is 0 Å². The quantitative estimate of drug-likeness (QED) is 0.723. The Labute approximate surface area is 120 Å². The fourth-order valence-corrected chi connectivity index (χ4v) is 3.06. The van der Waals surface area contributed by atoms with Crippen LogP contribution in [0.15, 0.2) is 21.5 Å². The van der Waals surface area contributed by atoms with Gasteiger partial charge in [0.1, 0.15) is 0 Å². The van der Waals surface area contributed by atoms with Gasteiger partial charge in [0.05, 0.1) is 4.90 Å². The smallest absolute Gasteiger partial charge is 0.328 e. The summed E-state index contributed by atoms with van der Waals surface area (Å²) in [6, 6.07) is 1.97. The molecule has 2 amide bonds. The van der Waals surface area contributed by atoms with Crippen molar-refractivity contribution in [1.82, 2.24) is 10.0 Å². The van der Waals surface area contributed by atoms with Crippen molar-refractivity contribution in [1.29, 1.82) is 0 Å². The number of aryl methyl sites for hydroxylation is 1. The summed E-state index contributed by atoms with van der Waals surface area (Å²) in [7, 11) is -3.94. The van der Waals surface area contributed by atoms with Gasteiger partial charge < -0.3 is 11.1 Å². The van der Waals surface area contributed by atoms with Gasteiger partial charge in [-0.1, -0.05) is 0 Å². The van der Waals surface area contributed by atoms with Crippen molar-refractivity contribution in [3.63, 3.8) is 0 Å². The average molecular weight is 350 g/mol. The van der Waals surface area contributed by atoms with Crippen molar-refractivity contribution < 1.29 is 13.2 Å². The summed E-state index contributed by atoms with van der Waals surface area (Å²) in [6.07, 6.45) is 0. The number of nitrogens with two attached hydrogens (primary N) is 1. The average Bonchev–Trinajstić information content (AvgIpc) is 2.20. The minimum absolute atomic E-state index is 0.0212. The molecule has 0 saturated carbocycles. The molecule has 0 atom stereocenters. The summed E-state index contributed by atoms with van der Waals surface area (Å²) in [5, 5.41) is 2.44. The van der Waals surface area contributed by atoms with E-state index in [2.05, 4.69) is 21.2 Å². The fourth-order valence-electron chi connectivity index (χ4n) is 1.43. The lowest BCUT2D eigenvalue weighted by atomic mass is 10.2. The summed E-state index contributed by atoms with van der Waals surface area (Å²) in [4.78, 5) is 11.4. The van der Waals surface area contributed by atoms with Crippen molar-refractivity contribution in [2.45, 2.75) is 31.7 Å². The third kappa shape index (κ3) is 4.10. The lowest BCUT2D eigenvalue weighted by molar-refractivity contribution is 0.243. The van der Waals surface area contributed by atoms with Crippen LogP contribution in [-0.4, -0.2) is 20.5 Å². The Hall–Kier alpha value is -1.28. The maximum Gasteiger partial charge on any atom is 0.328 e. The van der Waals surface area contributed by atoms with Crippen LogP contribution in [0.1, 0.15) is 19.4 Å². The molecule has 1 rings (SSSR count). The predicted molar refractivity (Wildman–Crippen MR) is 77.3 cm³/mol. The number of urea groups is 1. The molecule has 0 aromatic heterocycles. The number of halogens is 1. The van der Waals surface area contributed by atoms with E-state index >= 15 is 0 Å². The molecule has 0 saturated heterocycles. The molecule has 6 nitrogen and oxygen atoms in total. The summed E-state index contributed by atoms with van der Waals surface area (Å²) in [5.74, 6) is 0. The first-order valence-electron chi connectivity index (χ1n) is 5.52. The van der Waals surface area contributed by atoms with Crippen molar-refractivity contribution in [2.75, 3.05) is 5.73 Å². The van der Waals surface area contributed by atoms with Crippen LogP contribution < -0.4 is 15.8 Å². The number of hydrogen-bond donors (Lipinski definition) is 3. The molecular formula is C11H16BrN3O3S. The van der Waals surface area contributed by atoms with Gasteiger partial charge in [-0.15, -0.1) is 0 Å². The van der Waals surface area contributed by atoms with Crippen molar-refractivity contribution >= 4 is 37.7 Å². The number of rotatable bonds is 3. The minimum atomic E-state index is -3.94. The highest BCUT2D eigenvalue weighted by molar-refractivity contribution is 9.10. The molecule has 8 heteroatoms. The van der Waals surface area contributed by atoms with E-state index in [0.29, 0.717) is 10.0 Å². The molecule has 19 heavy (non-hydrogen) atoms. The van der Waals surface area contributed by atoms with Gasteiger partial charge in [0.15, 0.2) is 0 Å². The second kappa shape index (κ2) is 5.79. The first-order chi connectivity index (χ1) is 8.63. The van der Waals surface area contributed by atoms with Crippen LogP contribution in [0.4, 0.5) is 10.5 Å². The molecule has 0 bridgehead atoms. The monoisotopic (exact) mass is 349 g/mol. The van der Waals surface area contributed by atoms with Crippen molar-refractivity contribution in [3.05, 3.63) is 22.2 Å². The van der Waals surface area contributed by atoms with Gasteiger partial charge in [-0.05, 0) is 54.4 Å². The Kier molecular flexibility index (Phi) is 4.81. The molecule has 0 aliphatic heterocycles. The van der Waals surface area contributed by atoms with Crippen molar-refractivity contribution in [3.8, 4) is 0 Å². The Morgan fingerprint density at radius 3 is 2.47 bits per heavy atom. The van der Waals surface area contributed by atoms with E-state index in [-0.39, 0.29) is 16.6 Å². The standard InChI is InChI=1S/C11H16BrN3O3S/c1-6(2)14-11(16)15-19(17,18)10-5-9(13)8(12)4-7(10)3/h4-6H,13H2,1-3H3,(H2,14,15,16). The van der Waals surface area contributed by atoms with E-state index < -0.39 is 16.1 Å². The lowest BCUT2D eigenvalue weighted by Gasteiger charge is -2.13. The normalized spacial score (nSPS) is 11.4. The third-order valence-electron chi connectivity index (χ3n) is 2.23. The molecule has 0 aliphatic carbocycles. The van der Waals surface area contributed by atoms with Gasteiger partial charge in [0, 0.05) is 16.2 Å². The van der Waals surface area contributed by atoms with E-state index in [1.807, 2.05) is 4.72 Å². The zero-order chi connectivity index (χ0) is 14.8. The van der Waals surface area contributed by atoms with Gasteiger partial charge >= 0.3 is 6.03 Å². The largest absolute Gasteiger partial charge is 0.398 e. The maximum atomic E-state index is 12.1. The SMILES string of the molecule is Cc1cc(Br)c(N)cc1S(=O)(=O)NC(=O)NC(C)C. The zero-order valence-electron chi connectivity index (χ0n) is 10.8. The maximum absolute atomic E-state index is 12.1. The summed E-state index contributed by atoms with van der Waals surface area (Å²) in [6.45, 7) is 5.09. The van der Waals surface area contributed by atoms with Gasteiger partial charge in [-0.3, -0.25) is 0 Å². The summed E-state index contributed by atoms with van der Waals surface area (Å²) < 4.78 is 26.7. The molecule has 0 heterocycles. The van der Waals surface area contributed by atoms with E-state index in [9.17, 15) is 13.2 Å². The van der Waals surface area contributed by atoms with E-state index in [0.717, 1.165) is 0 Å². The number of nitrogen functional groups attached to an aromatic ring is 1. The van der Waals surface area contributed by atoms with Crippen LogP contribution in [0.3, 0.4) is 0 Å². The van der Waals surface area contributed by atoms with Crippen LogP contribution in [0.5, 0.6) is 0 Å². The zero-order valence-corrected chi connectivity index (χ0v) is 13.2. The molecule has 0 radical (unpaired) electrons. The van der Waals surface area contributed by atoms with Crippen LogP contribution in [-0.2, 0) is 10.0 Å². The summed E-state index contributed by atoms with van der Waals surface area (Å²) >= 11 is 3.21. The molecule has 4 N–H and O–H groups in total. The highest BCUT2D eigenvalue weighted by atomic mass is 79.9. The van der Waals surface area contributed by atoms with E-state index in [1.165, 1.54) is 6.07 Å². The number of sulfonamides is 1.